The SMILES string of the molecule is Cc1cc(N2CCCC2)ccc1/C=N\NC(=O)C(O)(c1ccccc1)c1ccccc1. The van der Waals surface area contributed by atoms with E-state index in [9.17, 15) is 9.90 Å². The first-order chi connectivity index (χ1) is 15.1. The number of amides is 1. The highest BCUT2D eigenvalue weighted by atomic mass is 16.3. The first-order valence-electron chi connectivity index (χ1n) is 10.6. The Hall–Kier alpha value is -3.44. The smallest absolute Gasteiger partial charge is 0.281 e. The zero-order chi connectivity index (χ0) is 21.7. The fourth-order valence-electron chi connectivity index (χ4n) is 4.01. The Morgan fingerprint density at radius 2 is 1.55 bits per heavy atom. The lowest BCUT2D eigenvalue weighted by molar-refractivity contribution is -0.136. The van der Waals surface area contributed by atoms with Gasteiger partial charge in [-0.3, -0.25) is 4.79 Å². The summed E-state index contributed by atoms with van der Waals surface area (Å²) in [5.41, 5.74) is 4.90. The number of carbonyl (C=O) groups excluding carboxylic acids is 1. The van der Waals surface area contributed by atoms with Gasteiger partial charge in [0.1, 0.15) is 0 Å². The molecule has 1 heterocycles. The summed E-state index contributed by atoms with van der Waals surface area (Å²) in [7, 11) is 0. The zero-order valence-corrected chi connectivity index (χ0v) is 17.7. The Kier molecular flexibility index (Phi) is 6.14. The summed E-state index contributed by atoms with van der Waals surface area (Å²) in [5, 5.41) is 15.6. The summed E-state index contributed by atoms with van der Waals surface area (Å²) in [4.78, 5) is 15.5. The molecule has 4 rings (SSSR count). The van der Waals surface area contributed by atoms with Crippen LogP contribution in [-0.4, -0.2) is 30.3 Å². The van der Waals surface area contributed by atoms with Gasteiger partial charge in [0.2, 0.25) is 0 Å². The molecule has 2 N–H and O–H groups in total. The van der Waals surface area contributed by atoms with Crippen molar-refractivity contribution in [3.63, 3.8) is 0 Å². The van der Waals surface area contributed by atoms with Crippen LogP contribution in [0.2, 0.25) is 0 Å². The third-order valence-electron chi connectivity index (χ3n) is 5.81. The Labute approximate surface area is 183 Å². The average molecular weight is 414 g/mol. The van der Waals surface area contributed by atoms with Crippen molar-refractivity contribution < 1.29 is 9.90 Å². The Morgan fingerprint density at radius 1 is 0.968 bits per heavy atom. The van der Waals surface area contributed by atoms with Crippen LogP contribution in [0.3, 0.4) is 0 Å². The molecule has 1 amide bonds. The highest BCUT2D eigenvalue weighted by Gasteiger charge is 2.39. The van der Waals surface area contributed by atoms with Crippen molar-refractivity contribution >= 4 is 17.8 Å². The molecule has 0 aromatic heterocycles. The van der Waals surface area contributed by atoms with E-state index in [-0.39, 0.29) is 0 Å². The molecule has 0 saturated carbocycles. The van der Waals surface area contributed by atoms with Gasteiger partial charge >= 0.3 is 0 Å². The molecule has 5 nitrogen and oxygen atoms in total. The standard InChI is InChI=1S/C26H27N3O2/c1-20-18-24(29-16-8-9-17-29)15-14-21(20)19-27-28-25(30)26(31,22-10-4-2-5-11-22)23-12-6-3-7-13-23/h2-7,10-15,18-19,31H,8-9,16-17H2,1H3,(H,28,30)/b27-19-. The normalized spacial score (nSPS) is 14.2. The maximum Gasteiger partial charge on any atom is 0.281 e. The van der Waals surface area contributed by atoms with Crippen LogP contribution in [-0.2, 0) is 10.4 Å². The van der Waals surface area contributed by atoms with Gasteiger partial charge in [-0.1, -0.05) is 66.7 Å². The fourth-order valence-corrected chi connectivity index (χ4v) is 4.01. The molecule has 31 heavy (non-hydrogen) atoms. The molecule has 1 aliphatic heterocycles. The van der Waals surface area contributed by atoms with Gasteiger partial charge in [-0.2, -0.15) is 5.10 Å². The number of benzene rings is 3. The van der Waals surface area contributed by atoms with Crippen LogP contribution in [0.1, 0.15) is 35.1 Å². The maximum absolute atomic E-state index is 13.1. The predicted octanol–water partition coefficient (Wildman–Crippen LogP) is 3.98. The van der Waals surface area contributed by atoms with E-state index in [2.05, 4.69) is 27.6 Å². The van der Waals surface area contributed by atoms with Gasteiger partial charge in [-0.25, -0.2) is 5.43 Å². The number of hydrogen-bond acceptors (Lipinski definition) is 4. The van der Waals surface area contributed by atoms with E-state index in [0.29, 0.717) is 11.1 Å². The van der Waals surface area contributed by atoms with Crippen LogP contribution >= 0.6 is 0 Å². The van der Waals surface area contributed by atoms with Crippen LogP contribution in [0.25, 0.3) is 0 Å². The second-order valence-electron chi connectivity index (χ2n) is 7.88. The molecule has 1 aliphatic rings. The number of aryl methyl sites for hydroxylation is 1. The van der Waals surface area contributed by atoms with E-state index >= 15 is 0 Å². The van der Waals surface area contributed by atoms with Crippen LogP contribution in [0, 0.1) is 6.92 Å². The lowest BCUT2D eigenvalue weighted by Crippen LogP contribution is -2.43. The number of anilines is 1. The Balaban J connectivity index is 1.54. The second-order valence-corrected chi connectivity index (χ2v) is 7.88. The molecule has 0 bridgehead atoms. The summed E-state index contributed by atoms with van der Waals surface area (Å²) >= 11 is 0. The van der Waals surface area contributed by atoms with Crippen molar-refractivity contribution in [2.75, 3.05) is 18.0 Å². The van der Waals surface area contributed by atoms with Gasteiger partial charge in [0.05, 0.1) is 6.21 Å². The van der Waals surface area contributed by atoms with Crippen LogP contribution in [0.5, 0.6) is 0 Å². The Morgan fingerprint density at radius 3 is 2.10 bits per heavy atom. The second kappa shape index (κ2) is 9.14. The highest BCUT2D eigenvalue weighted by Crippen LogP contribution is 2.30. The maximum atomic E-state index is 13.1. The molecule has 0 aliphatic carbocycles. The average Bonchev–Trinajstić information content (AvgIpc) is 3.35. The molecule has 0 radical (unpaired) electrons. The van der Waals surface area contributed by atoms with Gasteiger partial charge in [-0.05, 0) is 54.2 Å². The molecule has 0 unspecified atom stereocenters. The number of nitrogens with zero attached hydrogens (tertiary/aromatic N) is 2. The minimum Gasteiger partial charge on any atom is -0.372 e. The Bertz CT molecular complexity index is 1020. The minimum atomic E-state index is -1.84. The monoisotopic (exact) mass is 413 g/mol. The van der Waals surface area contributed by atoms with Crippen molar-refractivity contribution in [2.45, 2.75) is 25.4 Å². The van der Waals surface area contributed by atoms with Crippen LogP contribution in [0.4, 0.5) is 5.69 Å². The summed E-state index contributed by atoms with van der Waals surface area (Å²) in [5.74, 6) is -0.604. The number of rotatable bonds is 6. The van der Waals surface area contributed by atoms with E-state index < -0.39 is 11.5 Å². The first-order valence-corrected chi connectivity index (χ1v) is 10.6. The van der Waals surface area contributed by atoms with Crippen molar-refractivity contribution in [1.82, 2.24) is 5.43 Å². The molecule has 3 aromatic rings. The van der Waals surface area contributed by atoms with Gasteiger partial charge in [0.15, 0.2) is 5.60 Å². The quantitative estimate of drug-likeness (QED) is 0.475. The topological polar surface area (TPSA) is 64.9 Å². The summed E-state index contributed by atoms with van der Waals surface area (Å²) in [6.45, 7) is 4.23. The molecule has 1 saturated heterocycles. The van der Waals surface area contributed by atoms with Gasteiger partial charge in [0, 0.05) is 18.8 Å². The fraction of sp³-hybridized carbons (Fsp3) is 0.231. The molecular weight excluding hydrogens is 386 g/mol. The number of aliphatic hydroxyl groups is 1. The molecule has 158 valence electrons. The third kappa shape index (κ3) is 4.37. The number of hydrazone groups is 1. The predicted molar refractivity (Wildman–Crippen MR) is 124 cm³/mol. The largest absolute Gasteiger partial charge is 0.372 e. The number of carbonyl (C=O) groups is 1. The van der Waals surface area contributed by atoms with Crippen molar-refractivity contribution in [1.29, 1.82) is 0 Å². The van der Waals surface area contributed by atoms with Crippen molar-refractivity contribution in [2.24, 2.45) is 5.10 Å². The van der Waals surface area contributed by atoms with E-state index in [1.807, 2.05) is 25.1 Å². The summed E-state index contributed by atoms with van der Waals surface area (Å²) in [6.07, 6.45) is 4.09. The van der Waals surface area contributed by atoms with E-state index in [4.69, 9.17) is 0 Å². The van der Waals surface area contributed by atoms with Crippen LogP contribution in [0.15, 0.2) is 84.0 Å². The summed E-state index contributed by atoms with van der Waals surface area (Å²) < 4.78 is 0. The zero-order valence-electron chi connectivity index (χ0n) is 17.7. The third-order valence-corrected chi connectivity index (χ3v) is 5.81. The molecule has 5 heteroatoms. The molecular formula is C26H27N3O2. The van der Waals surface area contributed by atoms with E-state index in [0.717, 1.165) is 24.2 Å². The minimum absolute atomic E-state index is 0.486. The molecule has 0 atom stereocenters. The van der Waals surface area contributed by atoms with E-state index in [1.165, 1.54) is 18.5 Å². The van der Waals surface area contributed by atoms with Crippen molar-refractivity contribution in [3.8, 4) is 0 Å². The van der Waals surface area contributed by atoms with Crippen LogP contribution < -0.4 is 10.3 Å². The lowest BCUT2D eigenvalue weighted by atomic mass is 9.85. The molecule has 3 aromatic carbocycles. The molecule has 0 spiro atoms. The lowest BCUT2D eigenvalue weighted by Gasteiger charge is -2.27. The first kappa shape index (κ1) is 20.8. The van der Waals surface area contributed by atoms with E-state index in [1.54, 1.807) is 54.7 Å². The number of nitrogens with one attached hydrogen (secondary N) is 1. The summed E-state index contributed by atoms with van der Waals surface area (Å²) in [6, 6.07) is 24.1. The highest BCUT2D eigenvalue weighted by molar-refractivity contribution is 5.91. The number of hydrogen-bond donors (Lipinski definition) is 2. The molecule has 1 fully saturated rings. The van der Waals surface area contributed by atoms with Gasteiger partial charge < -0.3 is 10.0 Å². The van der Waals surface area contributed by atoms with Gasteiger partial charge in [0.25, 0.3) is 5.91 Å². The van der Waals surface area contributed by atoms with Crippen molar-refractivity contribution in [3.05, 3.63) is 101 Å². The van der Waals surface area contributed by atoms with Gasteiger partial charge in [-0.15, -0.1) is 0 Å².